The number of aryl methyl sites for hydroxylation is 1. The van der Waals surface area contributed by atoms with E-state index in [0.29, 0.717) is 6.54 Å². The Balaban J connectivity index is 2.59. The van der Waals surface area contributed by atoms with Gasteiger partial charge in [-0.25, -0.2) is 4.79 Å². The standard InChI is InChI=1S/C14H20N2O3/c1-8-5-11(9(2)10(3)12(8)18-4)14(6-15)7-16-13(17)19-14/h5H,6-7,15H2,1-4H3,(H,16,17). The number of benzene rings is 1. The van der Waals surface area contributed by atoms with Gasteiger partial charge in [0.1, 0.15) is 5.75 Å². The van der Waals surface area contributed by atoms with Gasteiger partial charge in [-0.15, -0.1) is 0 Å². The first kappa shape index (κ1) is 13.7. The Kier molecular flexibility index (Phi) is 3.41. The van der Waals surface area contributed by atoms with Gasteiger partial charge in [0, 0.05) is 12.1 Å². The molecule has 5 heteroatoms. The number of hydrogen-bond donors (Lipinski definition) is 2. The number of rotatable bonds is 3. The van der Waals surface area contributed by atoms with Gasteiger partial charge in [0.15, 0.2) is 5.60 Å². The summed E-state index contributed by atoms with van der Waals surface area (Å²) in [7, 11) is 1.66. The molecule has 1 aliphatic rings. The highest BCUT2D eigenvalue weighted by atomic mass is 16.6. The summed E-state index contributed by atoms with van der Waals surface area (Å²) in [6.07, 6.45) is -0.420. The average Bonchev–Trinajstić information content (AvgIpc) is 2.77. The van der Waals surface area contributed by atoms with Crippen LogP contribution in [0.25, 0.3) is 0 Å². The number of nitrogens with one attached hydrogen (secondary N) is 1. The van der Waals surface area contributed by atoms with E-state index in [-0.39, 0.29) is 6.54 Å². The van der Waals surface area contributed by atoms with Crippen LogP contribution in [0.1, 0.15) is 22.3 Å². The zero-order valence-electron chi connectivity index (χ0n) is 11.8. The van der Waals surface area contributed by atoms with E-state index < -0.39 is 11.7 Å². The van der Waals surface area contributed by atoms with Gasteiger partial charge in [-0.1, -0.05) is 0 Å². The summed E-state index contributed by atoms with van der Waals surface area (Å²) < 4.78 is 10.8. The molecule has 3 N–H and O–H groups in total. The zero-order chi connectivity index (χ0) is 14.2. The third-order valence-electron chi connectivity index (χ3n) is 3.86. The Morgan fingerprint density at radius 2 is 2.11 bits per heavy atom. The molecule has 1 aliphatic heterocycles. The molecule has 1 atom stereocenters. The van der Waals surface area contributed by atoms with Crippen LogP contribution in [-0.2, 0) is 10.3 Å². The molecule has 1 fully saturated rings. The minimum atomic E-state index is -0.775. The van der Waals surface area contributed by atoms with E-state index in [4.69, 9.17) is 15.2 Å². The van der Waals surface area contributed by atoms with E-state index in [1.807, 2.05) is 26.8 Å². The molecule has 0 aromatic heterocycles. The molecule has 1 heterocycles. The summed E-state index contributed by atoms with van der Waals surface area (Å²) in [6.45, 7) is 6.62. The van der Waals surface area contributed by atoms with E-state index in [1.165, 1.54) is 0 Å². The Morgan fingerprint density at radius 3 is 2.58 bits per heavy atom. The van der Waals surface area contributed by atoms with Crippen molar-refractivity contribution in [2.24, 2.45) is 5.73 Å². The fourth-order valence-electron chi connectivity index (χ4n) is 2.68. The fourth-order valence-corrected chi connectivity index (χ4v) is 2.68. The fraction of sp³-hybridized carbons (Fsp3) is 0.500. The van der Waals surface area contributed by atoms with Crippen LogP contribution in [0.2, 0.25) is 0 Å². The van der Waals surface area contributed by atoms with Crippen LogP contribution in [0.15, 0.2) is 6.07 Å². The number of ether oxygens (including phenoxy) is 2. The predicted octanol–water partition coefficient (Wildman–Crippen LogP) is 1.51. The van der Waals surface area contributed by atoms with Gasteiger partial charge in [-0.2, -0.15) is 0 Å². The number of hydrogen-bond acceptors (Lipinski definition) is 4. The van der Waals surface area contributed by atoms with Crippen molar-refractivity contribution in [3.63, 3.8) is 0 Å². The molecule has 19 heavy (non-hydrogen) atoms. The van der Waals surface area contributed by atoms with Crippen LogP contribution in [0.5, 0.6) is 5.75 Å². The second-order valence-corrected chi connectivity index (χ2v) is 4.97. The number of methoxy groups -OCH3 is 1. The topological polar surface area (TPSA) is 73.6 Å². The van der Waals surface area contributed by atoms with E-state index in [2.05, 4.69) is 5.32 Å². The molecule has 0 aliphatic carbocycles. The number of amides is 1. The largest absolute Gasteiger partial charge is 0.496 e. The lowest BCUT2D eigenvalue weighted by Crippen LogP contribution is -2.39. The van der Waals surface area contributed by atoms with Crippen LogP contribution < -0.4 is 15.8 Å². The maximum atomic E-state index is 11.4. The first-order valence-corrected chi connectivity index (χ1v) is 6.27. The highest BCUT2D eigenvalue weighted by Crippen LogP contribution is 2.37. The van der Waals surface area contributed by atoms with Crippen molar-refractivity contribution in [2.45, 2.75) is 26.4 Å². The molecule has 104 valence electrons. The normalized spacial score (nSPS) is 22.1. The van der Waals surface area contributed by atoms with Gasteiger partial charge in [-0.05, 0) is 43.5 Å². The van der Waals surface area contributed by atoms with Crippen molar-refractivity contribution < 1.29 is 14.3 Å². The molecular formula is C14H20N2O3. The minimum absolute atomic E-state index is 0.248. The summed E-state index contributed by atoms with van der Waals surface area (Å²) in [5.41, 5.74) is 9.13. The van der Waals surface area contributed by atoms with Crippen molar-refractivity contribution >= 4 is 6.09 Å². The van der Waals surface area contributed by atoms with Crippen molar-refractivity contribution in [3.8, 4) is 5.75 Å². The highest BCUT2D eigenvalue weighted by molar-refractivity contribution is 5.71. The van der Waals surface area contributed by atoms with Gasteiger partial charge in [0.25, 0.3) is 0 Å². The van der Waals surface area contributed by atoms with Gasteiger partial charge in [0.05, 0.1) is 13.7 Å². The number of cyclic esters (lactones) is 1. The van der Waals surface area contributed by atoms with Crippen LogP contribution in [-0.4, -0.2) is 26.3 Å². The third-order valence-corrected chi connectivity index (χ3v) is 3.86. The molecule has 1 saturated heterocycles. The van der Waals surface area contributed by atoms with E-state index >= 15 is 0 Å². The Bertz CT molecular complexity index is 528. The quantitative estimate of drug-likeness (QED) is 0.868. The van der Waals surface area contributed by atoms with Crippen LogP contribution in [0.3, 0.4) is 0 Å². The zero-order valence-corrected chi connectivity index (χ0v) is 11.8. The van der Waals surface area contributed by atoms with E-state index in [9.17, 15) is 4.79 Å². The summed E-state index contributed by atoms with van der Waals surface area (Å²) >= 11 is 0. The van der Waals surface area contributed by atoms with Crippen molar-refractivity contribution in [1.82, 2.24) is 5.32 Å². The monoisotopic (exact) mass is 264 g/mol. The summed E-state index contributed by atoms with van der Waals surface area (Å²) in [5.74, 6) is 0.866. The van der Waals surface area contributed by atoms with Gasteiger partial charge < -0.3 is 20.5 Å². The van der Waals surface area contributed by atoms with Gasteiger partial charge in [-0.3, -0.25) is 0 Å². The molecule has 0 saturated carbocycles. The Morgan fingerprint density at radius 1 is 1.42 bits per heavy atom. The predicted molar refractivity (Wildman–Crippen MR) is 72.4 cm³/mol. The van der Waals surface area contributed by atoms with Crippen LogP contribution >= 0.6 is 0 Å². The lowest BCUT2D eigenvalue weighted by molar-refractivity contribution is 0.0611. The summed E-state index contributed by atoms with van der Waals surface area (Å²) in [4.78, 5) is 11.4. The first-order chi connectivity index (χ1) is 8.95. The molecule has 1 unspecified atom stereocenters. The second kappa shape index (κ2) is 4.74. The Labute approximate surface area is 113 Å². The third kappa shape index (κ3) is 2.04. The van der Waals surface area contributed by atoms with Crippen molar-refractivity contribution in [2.75, 3.05) is 20.2 Å². The lowest BCUT2D eigenvalue weighted by Gasteiger charge is -2.29. The SMILES string of the molecule is COc1c(C)cc(C2(CN)CNC(=O)O2)c(C)c1C. The van der Waals surface area contributed by atoms with Crippen molar-refractivity contribution in [3.05, 3.63) is 28.3 Å². The average molecular weight is 264 g/mol. The number of nitrogens with two attached hydrogens (primary N) is 1. The molecular weight excluding hydrogens is 244 g/mol. The molecule has 1 aromatic carbocycles. The van der Waals surface area contributed by atoms with Crippen LogP contribution in [0, 0.1) is 20.8 Å². The molecule has 0 spiro atoms. The molecule has 0 bridgehead atoms. The first-order valence-electron chi connectivity index (χ1n) is 6.27. The van der Waals surface area contributed by atoms with E-state index in [1.54, 1.807) is 7.11 Å². The van der Waals surface area contributed by atoms with Gasteiger partial charge >= 0.3 is 6.09 Å². The maximum Gasteiger partial charge on any atom is 0.408 e. The molecule has 1 aromatic rings. The lowest BCUT2D eigenvalue weighted by atomic mass is 9.86. The molecule has 1 amide bonds. The molecule has 2 rings (SSSR count). The van der Waals surface area contributed by atoms with Crippen molar-refractivity contribution in [1.29, 1.82) is 0 Å². The van der Waals surface area contributed by atoms with Crippen LogP contribution in [0.4, 0.5) is 4.79 Å². The maximum absolute atomic E-state index is 11.4. The smallest absolute Gasteiger partial charge is 0.408 e. The minimum Gasteiger partial charge on any atom is -0.496 e. The number of carbonyl (C=O) groups excluding carboxylic acids is 1. The summed E-state index contributed by atoms with van der Waals surface area (Å²) in [6, 6.07) is 1.99. The number of carbonyl (C=O) groups is 1. The highest BCUT2D eigenvalue weighted by Gasteiger charge is 2.42. The second-order valence-electron chi connectivity index (χ2n) is 4.97. The number of alkyl carbamates (subject to hydrolysis) is 1. The molecule has 0 radical (unpaired) electrons. The summed E-state index contributed by atoms with van der Waals surface area (Å²) in [5, 5.41) is 2.68. The molecule has 5 nitrogen and oxygen atoms in total. The Hall–Kier alpha value is -1.75. The van der Waals surface area contributed by atoms with Gasteiger partial charge in [0.2, 0.25) is 0 Å². The van der Waals surface area contributed by atoms with E-state index in [0.717, 1.165) is 28.0 Å².